The van der Waals surface area contributed by atoms with Gasteiger partial charge in [0.25, 0.3) is 0 Å². The number of hydrogen-bond acceptors (Lipinski definition) is 4. The second kappa shape index (κ2) is 5.57. The third kappa shape index (κ3) is 3.32. The van der Waals surface area contributed by atoms with Gasteiger partial charge in [-0.25, -0.2) is 0 Å². The van der Waals surface area contributed by atoms with Crippen LogP contribution >= 0.6 is 0 Å². The summed E-state index contributed by atoms with van der Waals surface area (Å²) in [6.07, 6.45) is 1.51. The van der Waals surface area contributed by atoms with Crippen molar-refractivity contribution in [2.24, 2.45) is 0 Å². The van der Waals surface area contributed by atoms with E-state index in [4.69, 9.17) is 4.42 Å². The van der Waals surface area contributed by atoms with Gasteiger partial charge in [-0.15, -0.1) is 0 Å². The molecule has 14 heavy (non-hydrogen) atoms. The molecule has 0 aromatic carbocycles. The van der Waals surface area contributed by atoms with Gasteiger partial charge in [-0.05, 0) is 26.2 Å². The maximum atomic E-state index is 11.5. The first-order valence-electron chi connectivity index (χ1n) is 4.64. The third-order valence-corrected chi connectivity index (χ3v) is 1.95. The van der Waals surface area contributed by atoms with Crippen LogP contribution < -0.4 is 5.32 Å². The Morgan fingerprint density at radius 1 is 1.64 bits per heavy atom. The minimum absolute atomic E-state index is 0.0219. The quantitative estimate of drug-likeness (QED) is 0.677. The predicted octanol–water partition coefficient (Wildman–Crippen LogP) is 0.613. The summed E-state index contributed by atoms with van der Waals surface area (Å²) < 4.78 is 5.01. The average molecular weight is 196 g/mol. The largest absolute Gasteiger partial charge is 0.461 e. The van der Waals surface area contributed by atoms with Crippen LogP contribution in [0, 0.1) is 0 Å². The minimum Gasteiger partial charge on any atom is -0.461 e. The highest BCUT2D eigenvalue weighted by molar-refractivity contribution is 5.94. The van der Waals surface area contributed by atoms with Gasteiger partial charge in [0, 0.05) is 13.1 Å². The molecular formula is C10H16N2O2. The van der Waals surface area contributed by atoms with Crippen LogP contribution in [0.15, 0.2) is 22.8 Å². The second-order valence-corrected chi connectivity index (χ2v) is 3.24. The van der Waals surface area contributed by atoms with Gasteiger partial charge in [0.05, 0.1) is 12.8 Å². The fourth-order valence-electron chi connectivity index (χ4n) is 1.14. The lowest BCUT2D eigenvalue weighted by Crippen LogP contribution is -2.31. The molecule has 0 spiro atoms. The van der Waals surface area contributed by atoms with Gasteiger partial charge in [-0.2, -0.15) is 0 Å². The molecule has 78 valence electrons. The van der Waals surface area contributed by atoms with Crippen LogP contribution in [0.4, 0.5) is 0 Å². The number of Topliss-reactive ketones (excluding diaryl/α,β-unsaturated/α-hetero) is 1. The molecule has 0 amide bonds. The second-order valence-electron chi connectivity index (χ2n) is 3.24. The van der Waals surface area contributed by atoms with Crippen molar-refractivity contribution in [1.29, 1.82) is 0 Å². The molecule has 1 rings (SSSR count). The van der Waals surface area contributed by atoms with Crippen molar-refractivity contribution in [2.45, 2.75) is 0 Å². The fourth-order valence-corrected chi connectivity index (χ4v) is 1.14. The van der Waals surface area contributed by atoms with Gasteiger partial charge < -0.3 is 9.73 Å². The molecule has 0 fully saturated rings. The van der Waals surface area contributed by atoms with Crippen molar-refractivity contribution in [2.75, 3.05) is 33.7 Å². The Morgan fingerprint density at radius 2 is 2.43 bits per heavy atom. The van der Waals surface area contributed by atoms with Gasteiger partial charge in [-0.1, -0.05) is 0 Å². The molecule has 0 aliphatic heterocycles. The number of nitrogens with one attached hydrogen (secondary N) is 1. The average Bonchev–Trinajstić information content (AvgIpc) is 2.67. The highest BCUT2D eigenvalue weighted by Gasteiger charge is 2.10. The number of likely N-dealkylation sites (N-methyl/N-ethyl adjacent to an activating group) is 2. The lowest BCUT2D eigenvalue weighted by Gasteiger charge is -2.14. The van der Waals surface area contributed by atoms with E-state index in [1.807, 2.05) is 19.0 Å². The van der Waals surface area contributed by atoms with Crippen LogP contribution in [-0.2, 0) is 0 Å². The summed E-state index contributed by atoms with van der Waals surface area (Å²) in [6, 6.07) is 3.41. The lowest BCUT2D eigenvalue weighted by atomic mass is 10.3. The van der Waals surface area contributed by atoms with Gasteiger partial charge in [0.15, 0.2) is 5.76 Å². The molecule has 0 aliphatic rings. The Labute approximate surface area is 83.9 Å². The molecule has 1 aromatic rings. The molecule has 0 saturated heterocycles. The highest BCUT2D eigenvalue weighted by atomic mass is 16.3. The SMILES string of the molecule is CNCCN(C)CC(=O)c1ccco1. The van der Waals surface area contributed by atoms with Crippen LogP contribution in [0.5, 0.6) is 0 Å². The Hall–Kier alpha value is -1.13. The first-order valence-corrected chi connectivity index (χ1v) is 4.64. The first-order chi connectivity index (χ1) is 6.74. The van der Waals surface area contributed by atoms with E-state index < -0.39 is 0 Å². The van der Waals surface area contributed by atoms with E-state index in [2.05, 4.69) is 5.32 Å². The van der Waals surface area contributed by atoms with E-state index in [-0.39, 0.29) is 5.78 Å². The summed E-state index contributed by atoms with van der Waals surface area (Å²) in [6.45, 7) is 2.13. The molecule has 0 aliphatic carbocycles. The maximum absolute atomic E-state index is 11.5. The van der Waals surface area contributed by atoms with Crippen LogP contribution in [0.3, 0.4) is 0 Å². The zero-order chi connectivity index (χ0) is 10.4. The fraction of sp³-hybridized carbons (Fsp3) is 0.500. The standard InChI is InChI=1S/C10H16N2O2/c1-11-5-6-12(2)8-9(13)10-4-3-7-14-10/h3-4,7,11H,5-6,8H2,1-2H3. The Bertz CT molecular complexity index is 270. The summed E-state index contributed by atoms with van der Waals surface area (Å²) in [7, 11) is 3.81. The molecule has 1 heterocycles. The molecule has 0 atom stereocenters. The molecule has 1 aromatic heterocycles. The number of furan rings is 1. The van der Waals surface area contributed by atoms with Gasteiger partial charge >= 0.3 is 0 Å². The Morgan fingerprint density at radius 3 is 3.00 bits per heavy atom. The van der Waals surface area contributed by atoms with Crippen LogP contribution in [0.1, 0.15) is 10.6 Å². The van der Waals surface area contributed by atoms with Crippen molar-refractivity contribution in [3.05, 3.63) is 24.2 Å². The minimum atomic E-state index is 0.0219. The van der Waals surface area contributed by atoms with Crippen molar-refractivity contribution in [3.8, 4) is 0 Å². The summed E-state index contributed by atoms with van der Waals surface area (Å²) in [5.41, 5.74) is 0. The summed E-state index contributed by atoms with van der Waals surface area (Å²) >= 11 is 0. The first kappa shape index (κ1) is 10.9. The summed E-state index contributed by atoms with van der Waals surface area (Å²) in [5, 5.41) is 3.03. The third-order valence-electron chi connectivity index (χ3n) is 1.95. The molecule has 4 nitrogen and oxygen atoms in total. The van der Waals surface area contributed by atoms with E-state index in [0.717, 1.165) is 13.1 Å². The van der Waals surface area contributed by atoms with E-state index >= 15 is 0 Å². The number of carbonyl (C=O) groups excluding carboxylic acids is 1. The maximum Gasteiger partial charge on any atom is 0.211 e. The number of carbonyl (C=O) groups is 1. The number of hydrogen-bond donors (Lipinski definition) is 1. The molecule has 0 radical (unpaired) electrons. The number of ketones is 1. The Balaban J connectivity index is 2.34. The van der Waals surface area contributed by atoms with Crippen LogP contribution in [-0.4, -0.2) is 44.4 Å². The smallest absolute Gasteiger partial charge is 0.211 e. The van der Waals surface area contributed by atoms with Gasteiger partial charge in [-0.3, -0.25) is 9.69 Å². The number of rotatable bonds is 6. The monoisotopic (exact) mass is 196 g/mol. The van der Waals surface area contributed by atoms with Crippen molar-refractivity contribution >= 4 is 5.78 Å². The summed E-state index contributed by atoms with van der Waals surface area (Å²) in [5.74, 6) is 0.454. The van der Waals surface area contributed by atoms with Crippen molar-refractivity contribution < 1.29 is 9.21 Å². The van der Waals surface area contributed by atoms with E-state index in [0.29, 0.717) is 12.3 Å². The topological polar surface area (TPSA) is 45.5 Å². The van der Waals surface area contributed by atoms with Gasteiger partial charge in [0.2, 0.25) is 5.78 Å². The molecule has 0 bridgehead atoms. The van der Waals surface area contributed by atoms with Crippen molar-refractivity contribution in [1.82, 2.24) is 10.2 Å². The Kier molecular flexibility index (Phi) is 4.35. The molecule has 1 N–H and O–H groups in total. The lowest BCUT2D eigenvalue weighted by molar-refractivity contribution is 0.0919. The molecule has 0 unspecified atom stereocenters. The van der Waals surface area contributed by atoms with Gasteiger partial charge in [0.1, 0.15) is 0 Å². The highest BCUT2D eigenvalue weighted by Crippen LogP contribution is 2.01. The number of nitrogens with zero attached hydrogens (tertiary/aromatic N) is 1. The molecular weight excluding hydrogens is 180 g/mol. The normalized spacial score (nSPS) is 10.8. The zero-order valence-corrected chi connectivity index (χ0v) is 8.62. The van der Waals surface area contributed by atoms with E-state index in [9.17, 15) is 4.79 Å². The molecule has 4 heteroatoms. The van der Waals surface area contributed by atoms with E-state index in [1.54, 1.807) is 12.1 Å². The van der Waals surface area contributed by atoms with Crippen LogP contribution in [0.25, 0.3) is 0 Å². The zero-order valence-electron chi connectivity index (χ0n) is 8.62. The van der Waals surface area contributed by atoms with E-state index in [1.165, 1.54) is 6.26 Å². The van der Waals surface area contributed by atoms with Crippen LogP contribution in [0.2, 0.25) is 0 Å². The van der Waals surface area contributed by atoms with Crippen molar-refractivity contribution in [3.63, 3.8) is 0 Å². The summed E-state index contributed by atoms with van der Waals surface area (Å²) in [4.78, 5) is 13.5. The predicted molar refractivity (Wildman–Crippen MR) is 54.5 cm³/mol. The molecule has 0 saturated carbocycles.